The zero-order valence-corrected chi connectivity index (χ0v) is 15.0. The minimum absolute atomic E-state index is 0.215. The highest BCUT2D eigenvalue weighted by atomic mass is 16.2. The Kier molecular flexibility index (Phi) is 4.85. The molecule has 1 amide bonds. The quantitative estimate of drug-likeness (QED) is 0.778. The van der Waals surface area contributed by atoms with Crippen molar-refractivity contribution in [2.24, 2.45) is 5.92 Å². The number of hydrogen-bond donors (Lipinski definition) is 0. The van der Waals surface area contributed by atoms with Gasteiger partial charge in [-0.1, -0.05) is 0 Å². The molecular formula is C18H28N6O. The Morgan fingerprint density at radius 2 is 1.76 bits per heavy atom. The van der Waals surface area contributed by atoms with E-state index in [-0.39, 0.29) is 5.92 Å². The average Bonchev–Trinajstić information content (AvgIpc) is 2.62. The molecule has 1 unspecified atom stereocenters. The van der Waals surface area contributed by atoms with Crippen LogP contribution in [0.2, 0.25) is 0 Å². The van der Waals surface area contributed by atoms with Crippen molar-refractivity contribution >= 4 is 11.9 Å². The number of piperidine rings is 1. The van der Waals surface area contributed by atoms with Gasteiger partial charge in [0.15, 0.2) is 0 Å². The Labute approximate surface area is 149 Å². The maximum Gasteiger partial charge on any atom is 0.227 e. The fourth-order valence-corrected chi connectivity index (χ4v) is 4.23. The summed E-state index contributed by atoms with van der Waals surface area (Å²) in [7, 11) is 2.12. The Morgan fingerprint density at radius 1 is 1.04 bits per heavy atom. The van der Waals surface area contributed by atoms with Gasteiger partial charge in [0.25, 0.3) is 0 Å². The van der Waals surface area contributed by atoms with Crippen LogP contribution in [0.1, 0.15) is 12.8 Å². The monoisotopic (exact) mass is 344 g/mol. The lowest BCUT2D eigenvalue weighted by atomic mass is 9.94. The van der Waals surface area contributed by atoms with Crippen LogP contribution in [0.25, 0.3) is 0 Å². The van der Waals surface area contributed by atoms with Crippen molar-refractivity contribution in [1.82, 2.24) is 24.7 Å². The number of aromatic nitrogens is 2. The van der Waals surface area contributed by atoms with Gasteiger partial charge in [-0.15, -0.1) is 0 Å². The number of amides is 1. The molecule has 0 radical (unpaired) electrons. The Balaban J connectivity index is 1.23. The summed E-state index contributed by atoms with van der Waals surface area (Å²) in [5, 5.41) is 0. The smallest absolute Gasteiger partial charge is 0.227 e. The number of piperazine rings is 1. The first kappa shape index (κ1) is 16.7. The molecule has 136 valence electrons. The van der Waals surface area contributed by atoms with E-state index in [0.717, 1.165) is 71.1 Å². The highest BCUT2D eigenvalue weighted by molar-refractivity contribution is 5.80. The van der Waals surface area contributed by atoms with Gasteiger partial charge in [0.2, 0.25) is 11.9 Å². The lowest BCUT2D eigenvalue weighted by Crippen LogP contribution is -2.65. The molecule has 1 aromatic rings. The molecule has 0 aromatic carbocycles. The fraction of sp³-hybridized carbons (Fsp3) is 0.722. The van der Waals surface area contributed by atoms with Crippen molar-refractivity contribution in [3.05, 3.63) is 18.5 Å². The first-order valence-corrected chi connectivity index (χ1v) is 9.44. The lowest BCUT2D eigenvalue weighted by molar-refractivity contribution is -0.144. The second-order valence-corrected chi connectivity index (χ2v) is 7.57. The molecule has 3 aliphatic rings. The number of likely N-dealkylation sites (tertiary alicyclic amines) is 2. The largest absolute Gasteiger partial charge is 0.339 e. The SMILES string of the molecule is CN1CCCC(C(=O)N2CC(N3CCN(c4ncccn4)CC3)C2)C1. The topological polar surface area (TPSA) is 55.8 Å². The summed E-state index contributed by atoms with van der Waals surface area (Å²) in [5.41, 5.74) is 0. The molecule has 0 bridgehead atoms. The van der Waals surface area contributed by atoms with Gasteiger partial charge in [0.05, 0.1) is 5.92 Å². The van der Waals surface area contributed by atoms with Crippen molar-refractivity contribution in [2.75, 3.05) is 64.3 Å². The normalized spacial score (nSPS) is 26.5. The zero-order valence-electron chi connectivity index (χ0n) is 15.0. The third-order valence-electron chi connectivity index (χ3n) is 5.81. The van der Waals surface area contributed by atoms with Crippen LogP contribution < -0.4 is 4.90 Å². The summed E-state index contributed by atoms with van der Waals surface area (Å²) < 4.78 is 0. The average molecular weight is 344 g/mol. The summed E-state index contributed by atoms with van der Waals surface area (Å²) >= 11 is 0. The molecule has 3 fully saturated rings. The molecule has 7 heteroatoms. The summed E-state index contributed by atoms with van der Waals surface area (Å²) in [6.07, 6.45) is 5.80. The van der Waals surface area contributed by atoms with E-state index in [9.17, 15) is 4.79 Å². The first-order valence-electron chi connectivity index (χ1n) is 9.44. The number of nitrogens with zero attached hydrogens (tertiary/aromatic N) is 6. The molecule has 3 aliphatic heterocycles. The van der Waals surface area contributed by atoms with E-state index in [1.807, 2.05) is 6.07 Å². The Morgan fingerprint density at radius 3 is 2.44 bits per heavy atom. The molecule has 1 atom stereocenters. The van der Waals surface area contributed by atoms with Crippen LogP contribution in [0.4, 0.5) is 5.95 Å². The highest BCUT2D eigenvalue weighted by Crippen LogP contribution is 2.24. The van der Waals surface area contributed by atoms with Crippen LogP contribution in [0.15, 0.2) is 18.5 Å². The van der Waals surface area contributed by atoms with Gasteiger partial charge in [-0.25, -0.2) is 9.97 Å². The van der Waals surface area contributed by atoms with Gasteiger partial charge < -0.3 is 14.7 Å². The van der Waals surface area contributed by atoms with Crippen LogP contribution in [-0.2, 0) is 4.79 Å². The van der Waals surface area contributed by atoms with Crippen LogP contribution in [0, 0.1) is 5.92 Å². The molecule has 0 spiro atoms. The molecule has 4 heterocycles. The maximum atomic E-state index is 12.6. The van der Waals surface area contributed by atoms with Gasteiger partial charge in [-0.2, -0.15) is 0 Å². The molecule has 4 rings (SSSR count). The van der Waals surface area contributed by atoms with E-state index >= 15 is 0 Å². The minimum Gasteiger partial charge on any atom is -0.339 e. The van der Waals surface area contributed by atoms with Crippen LogP contribution in [-0.4, -0.2) is 96.0 Å². The minimum atomic E-state index is 0.215. The van der Waals surface area contributed by atoms with Crippen molar-refractivity contribution < 1.29 is 4.79 Å². The van der Waals surface area contributed by atoms with E-state index in [1.54, 1.807) is 12.4 Å². The van der Waals surface area contributed by atoms with Crippen LogP contribution in [0.3, 0.4) is 0 Å². The number of carbonyl (C=O) groups is 1. The lowest BCUT2D eigenvalue weighted by Gasteiger charge is -2.49. The molecule has 0 aliphatic carbocycles. The number of rotatable bonds is 3. The fourth-order valence-electron chi connectivity index (χ4n) is 4.23. The summed E-state index contributed by atoms with van der Waals surface area (Å²) in [4.78, 5) is 30.5. The Bertz CT molecular complexity index is 582. The number of carbonyl (C=O) groups excluding carboxylic acids is 1. The predicted molar refractivity (Wildman–Crippen MR) is 96.4 cm³/mol. The second-order valence-electron chi connectivity index (χ2n) is 7.57. The van der Waals surface area contributed by atoms with Crippen molar-refractivity contribution in [3.8, 4) is 0 Å². The van der Waals surface area contributed by atoms with Crippen LogP contribution in [0.5, 0.6) is 0 Å². The summed E-state index contributed by atoms with van der Waals surface area (Å²) in [6, 6.07) is 2.38. The van der Waals surface area contributed by atoms with E-state index in [4.69, 9.17) is 0 Å². The highest BCUT2D eigenvalue weighted by Gasteiger charge is 2.39. The van der Waals surface area contributed by atoms with Gasteiger partial charge in [0.1, 0.15) is 0 Å². The molecule has 1 aromatic heterocycles. The zero-order chi connectivity index (χ0) is 17.2. The molecule has 25 heavy (non-hydrogen) atoms. The summed E-state index contributed by atoms with van der Waals surface area (Å²) in [6.45, 7) is 7.83. The van der Waals surface area contributed by atoms with Gasteiger partial charge in [-0.05, 0) is 32.5 Å². The molecular weight excluding hydrogens is 316 g/mol. The van der Waals surface area contributed by atoms with E-state index < -0.39 is 0 Å². The number of hydrogen-bond acceptors (Lipinski definition) is 6. The van der Waals surface area contributed by atoms with Gasteiger partial charge >= 0.3 is 0 Å². The number of anilines is 1. The molecule has 0 saturated carbocycles. The third-order valence-corrected chi connectivity index (χ3v) is 5.81. The first-order chi connectivity index (χ1) is 12.2. The molecule has 7 nitrogen and oxygen atoms in total. The maximum absolute atomic E-state index is 12.6. The van der Waals surface area contributed by atoms with Crippen molar-refractivity contribution in [2.45, 2.75) is 18.9 Å². The van der Waals surface area contributed by atoms with Gasteiger partial charge in [-0.3, -0.25) is 9.69 Å². The third kappa shape index (κ3) is 3.62. The van der Waals surface area contributed by atoms with Gasteiger partial charge in [0, 0.05) is 64.2 Å². The van der Waals surface area contributed by atoms with E-state index in [1.165, 1.54) is 0 Å². The second kappa shape index (κ2) is 7.25. The molecule has 0 N–H and O–H groups in total. The summed E-state index contributed by atoms with van der Waals surface area (Å²) in [5.74, 6) is 1.42. The van der Waals surface area contributed by atoms with Crippen molar-refractivity contribution in [1.29, 1.82) is 0 Å². The van der Waals surface area contributed by atoms with E-state index in [0.29, 0.717) is 11.9 Å². The van der Waals surface area contributed by atoms with Crippen LogP contribution >= 0.6 is 0 Å². The predicted octanol–water partition coefficient (Wildman–Crippen LogP) is 0.151. The standard InChI is InChI=1S/C18H28N6O/c1-21-7-2-4-15(12-21)17(25)24-13-16(14-24)22-8-10-23(11-9-22)18-19-5-3-6-20-18/h3,5-6,15-16H,2,4,7-14H2,1H3. The Hall–Kier alpha value is -1.73. The van der Waals surface area contributed by atoms with Crippen molar-refractivity contribution in [3.63, 3.8) is 0 Å². The molecule has 3 saturated heterocycles. The van der Waals surface area contributed by atoms with E-state index in [2.05, 4.69) is 36.6 Å².